The van der Waals surface area contributed by atoms with Crippen LogP contribution in [-0.2, 0) is 29.2 Å². The molecule has 210 valence electrons. The average Bonchev–Trinajstić information content (AvgIpc) is 3.35. The highest BCUT2D eigenvalue weighted by molar-refractivity contribution is 5.80. The van der Waals surface area contributed by atoms with Gasteiger partial charge in [-0.1, -0.05) is 30.0 Å². The molecule has 0 aliphatic carbocycles. The molecule has 41 heavy (non-hydrogen) atoms. The summed E-state index contributed by atoms with van der Waals surface area (Å²) in [5.41, 5.74) is 6.49. The van der Waals surface area contributed by atoms with Crippen molar-refractivity contribution in [3.63, 3.8) is 0 Å². The van der Waals surface area contributed by atoms with Crippen LogP contribution in [0.5, 0.6) is 0 Å². The maximum Gasteiger partial charge on any atom is 0.333 e. The molecule has 0 bridgehead atoms. The number of hydrogen-bond donors (Lipinski definition) is 1. The molecule has 0 amide bonds. The number of nitrogens with zero attached hydrogens (tertiary/aromatic N) is 7. The van der Waals surface area contributed by atoms with Gasteiger partial charge in [0.05, 0.1) is 18.6 Å². The molecule has 0 saturated carbocycles. The first kappa shape index (κ1) is 27.6. The highest BCUT2D eigenvalue weighted by atomic mass is 16.5. The first-order valence-electron chi connectivity index (χ1n) is 13.3. The summed E-state index contributed by atoms with van der Waals surface area (Å²) >= 11 is 0. The molecule has 1 aromatic carbocycles. The minimum atomic E-state index is -0.748. The Balaban J connectivity index is 1.73. The van der Waals surface area contributed by atoms with Crippen molar-refractivity contribution in [2.75, 3.05) is 24.6 Å². The minimum Gasteiger partial charge on any atom is -0.451 e. The quantitative estimate of drug-likeness (QED) is 0.259. The van der Waals surface area contributed by atoms with Crippen LogP contribution >= 0.6 is 0 Å². The van der Waals surface area contributed by atoms with Crippen LogP contribution in [-0.4, -0.2) is 60.4 Å². The summed E-state index contributed by atoms with van der Waals surface area (Å²) in [5.74, 6) is 8.09. The van der Waals surface area contributed by atoms with E-state index in [1.54, 1.807) is 11.5 Å². The third kappa shape index (κ3) is 5.42. The van der Waals surface area contributed by atoms with E-state index in [-0.39, 0.29) is 42.7 Å². The van der Waals surface area contributed by atoms with Crippen LogP contribution in [0.2, 0.25) is 0 Å². The van der Waals surface area contributed by atoms with Crippen LogP contribution in [0.4, 0.5) is 5.95 Å². The number of aromatic nitrogens is 6. The van der Waals surface area contributed by atoms with Gasteiger partial charge in [0.15, 0.2) is 17.8 Å². The molecule has 1 unspecified atom stereocenters. The fraction of sp³-hybridized carbons (Fsp3) is 0.379. The lowest BCUT2D eigenvalue weighted by molar-refractivity contribution is -0.142. The third-order valence-electron chi connectivity index (χ3n) is 6.99. The molecule has 2 N–H and O–H groups in total. The SMILES string of the molecule is C#CCOC(=O)Cn1c(=O)n(Cc2nc(C)c3ccccc3n2)c(=O)c2c1nc(N1CCCC(N)C1)n2CC#CC. The first-order valence-corrected chi connectivity index (χ1v) is 13.3. The van der Waals surface area contributed by atoms with Gasteiger partial charge in [0.2, 0.25) is 5.95 Å². The Morgan fingerprint density at radius 3 is 2.73 bits per heavy atom. The molecule has 4 aromatic rings. The zero-order valence-corrected chi connectivity index (χ0v) is 23.0. The van der Waals surface area contributed by atoms with Gasteiger partial charge < -0.3 is 15.4 Å². The lowest BCUT2D eigenvalue weighted by Gasteiger charge is -2.31. The van der Waals surface area contributed by atoms with Gasteiger partial charge in [-0.05, 0) is 32.8 Å². The van der Waals surface area contributed by atoms with Crippen LogP contribution in [0.15, 0.2) is 33.9 Å². The Bertz CT molecular complexity index is 1870. The summed E-state index contributed by atoms with van der Waals surface area (Å²) in [4.78, 5) is 56.4. The number of carbonyl (C=O) groups is 1. The summed E-state index contributed by atoms with van der Waals surface area (Å²) in [6.07, 6.45) is 6.95. The molecule has 1 fully saturated rings. The summed E-state index contributed by atoms with van der Waals surface area (Å²) in [5, 5.41) is 0.869. The number of benzene rings is 1. The van der Waals surface area contributed by atoms with Crippen LogP contribution < -0.4 is 21.9 Å². The van der Waals surface area contributed by atoms with E-state index in [2.05, 4.69) is 27.7 Å². The van der Waals surface area contributed by atoms with Gasteiger partial charge in [-0.3, -0.25) is 23.3 Å². The predicted molar refractivity (Wildman–Crippen MR) is 154 cm³/mol. The second kappa shape index (κ2) is 11.7. The van der Waals surface area contributed by atoms with Crippen molar-refractivity contribution in [1.29, 1.82) is 0 Å². The number of piperidine rings is 1. The summed E-state index contributed by atoms with van der Waals surface area (Å²) < 4.78 is 8.88. The fourth-order valence-corrected chi connectivity index (χ4v) is 5.11. The molecule has 4 heterocycles. The van der Waals surface area contributed by atoms with E-state index in [1.165, 1.54) is 0 Å². The Hall–Kier alpha value is -4.94. The van der Waals surface area contributed by atoms with E-state index in [1.807, 2.05) is 36.1 Å². The molecule has 0 spiro atoms. The molecule has 12 heteroatoms. The van der Waals surface area contributed by atoms with Crippen molar-refractivity contribution in [2.45, 2.75) is 52.4 Å². The predicted octanol–water partition coefficient (Wildman–Crippen LogP) is 0.787. The van der Waals surface area contributed by atoms with Crippen LogP contribution in [0, 0.1) is 31.1 Å². The van der Waals surface area contributed by atoms with Crippen molar-refractivity contribution in [2.24, 2.45) is 5.73 Å². The maximum atomic E-state index is 14.1. The van der Waals surface area contributed by atoms with Gasteiger partial charge in [0.25, 0.3) is 5.56 Å². The molecule has 5 rings (SSSR count). The van der Waals surface area contributed by atoms with E-state index < -0.39 is 23.8 Å². The number of imidazole rings is 1. The zero-order chi connectivity index (χ0) is 29.1. The highest BCUT2D eigenvalue weighted by Gasteiger charge is 2.28. The zero-order valence-electron chi connectivity index (χ0n) is 23.0. The Morgan fingerprint density at radius 1 is 1.17 bits per heavy atom. The second-order valence-corrected chi connectivity index (χ2v) is 9.81. The number of anilines is 1. The number of nitrogens with two attached hydrogens (primary N) is 1. The molecule has 12 nitrogen and oxygen atoms in total. The van der Waals surface area contributed by atoms with Gasteiger partial charge in [-0.2, -0.15) is 4.98 Å². The van der Waals surface area contributed by atoms with Crippen LogP contribution in [0.25, 0.3) is 22.1 Å². The van der Waals surface area contributed by atoms with Crippen molar-refractivity contribution in [3.8, 4) is 24.2 Å². The number of aryl methyl sites for hydroxylation is 1. The summed E-state index contributed by atoms with van der Waals surface area (Å²) in [7, 11) is 0. The molecular formula is C29H30N8O4. The standard InChI is InChI=1S/C29H30N8O4/c1-4-6-14-35-25-26(33-28(35)34-13-9-10-20(30)16-34)36(18-24(38)41-15-5-2)29(40)37(27(25)39)17-23-31-19(3)21-11-7-8-12-22(21)32-23/h2,7-8,11-12,20H,9-10,13-18,30H2,1,3H3. The van der Waals surface area contributed by atoms with Gasteiger partial charge in [-0.25, -0.2) is 14.8 Å². The Labute approximate surface area is 235 Å². The largest absolute Gasteiger partial charge is 0.451 e. The minimum absolute atomic E-state index is 0.0524. The van der Waals surface area contributed by atoms with Crippen LogP contribution in [0.3, 0.4) is 0 Å². The number of para-hydroxylation sites is 1. The van der Waals surface area contributed by atoms with Gasteiger partial charge in [-0.15, -0.1) is 12.3 Å². The number of esters is 1. The Kier molecular flexibility index (Phi) is 7.86. The van der Waals surface area contributed by atoms with Gasteiger partial charge in [0.1, 0.15) is 12.4 Å². The van der Waals surface area contributed by atoms with Crippen molar-refractivity contribution >= 4 is 34.0 Å². The normalized spacial score (nSPS) is 15.0. The smallest absolute Gasteiger partial charge is 0.333 e. The monoisotopic (exact) mass is 554 g/mol. The second-order valence-electron chi connectivity index (χ2n) is 9.81. The topological polar surface area (TPSA) is 143 Å². The number of ether oxygens (including phenoxy) is 1. The van der Waals surface area contributed by atoms with E-state index in [0.29, 0.717) is 30.2 Å². The lowest BCUT2D eigenvalue weighted by atomic mass is 10.1. The number of carbonyl (C=O) groups excluding carboxylic acids is 1. The average molecular weight is 555 g/mol. The molecule has 3 aromatic heterocycles. The van der Waals surface area contributed by atoms with Crippen molar-refractivity contribution in [1.82, 2.24) is 28.7 Å². The summed E-state index contributed by atoms with van der Waals surface area (Å²) in [6, 6.07) is 7.42. The van der Waals surface area contributed by atoms with Gasteiger partial charge in [0, 0.05) is 30.2 Å². The molecule has 1 saturated heterocycles. The lowest BCUT2D eigenvalue weighted by Crippen LogP contribution is -2.44. The van der Waals surface area contributed by atoms with E-state index in [4.69, 9.17) is 21.9 Å². The third-order valence-corrected chi connectivity index (χ3v) is 6.99. The van der Waals surface area contributed by atoms with Crippen molar-refractivity contribution in [3.05, 3.63) is 56.6 Å². The highest BCUT2D eigenvalue weighted by Crippen LogP contribution is 2.23. The van der Waals surface area contributed by atoms with E-state index >= 15 is 0 Å². The number of hydrogen-bond acceptors (Lipinski definition) is 9. The molecular weight excluding hydrogens is 524 g/mol. The number of terminal acetylenes is 1. The fourth-order valence-electron chi connectivity index (χ4n) is 5.11. The maximum absolute atomic E-state index is 14.1. The van der Waals surface area contributed by atoms with E-state index in [9.17, 15) is 14.4 Å². The molecule has 1 aliphatic rings. The van der Waals surface area contributed by atoms with Crippen molar-refractivity contribution < 1.29 is 9.53 Å². The number of rotatable bonds is 7. The van der Waals surface area contributed by atoms with E-state index in [0.717, 1.165) is 27.4 Å². The molecule has 1 aliphatic heterocycles. The number of fused-ring (bicyclic) bond motifs is 2. The first-order chi connectivity index (χ1) is 19.8. The van der Waals surface area contributed by atoms with Gasteiger partial charge >= 0.3 is 11.7 Å². The molecule has 1 atom stereocenters. The Morgan fingerprint density at radius 2 is 1.98 bits per heavy atom. The van der Waals surface area contributed by atoms with Crippen LogP contribution in [0.1, 0.15) is 31.3 Å². The summed E-state index contributed by atoms with van der Waals surface area (Å²) in [6.45, 7) is 3.92. The molecule has 0 radical (unpaired) electrons.